The van der Waals surface area contributed by atoms with Crippen molar-refractivity contribution in [2.24, 2.45) is 0 Å². The maximum absolute atomic E-state index is 2.62. The number of rotatable bonds is 0. The van der Waals surface area contributed by atoms with Crippen molar-refractivity contribution in [3.8, 4) is 0 Å². The van der Waals surface area contributed by atoms with Gasteiger partial charge in [0.15, 0.2) is 0 Å². The third-order valence-corrected chi connectivity index (χ3v) is 0.907. The van der Waals surface area contributed by atoms with E-state index in [4.69, 9.17) is 0 Å². The summed E-state index contributed by atoms with van der Waals surface area (Å²) < 4.78 is 0. The van der Waals surface area contributed by atoms with Gasteiger partial charge in [0.05, 0.1) is 0 Å². The van der Waals surface area contributed by atoms with Crippen LogP contribution in [0.5, 0.6) is 0 Å². The normalized spacial score (nSPS) is 7.27. The van der Waals surface area contributed by atoms with Gasteiger partial charge in [0, 0.05) is 0 Å². The van der Waals surface area contributed by atoms with E-state index in [-0.39, 0.29) is 17.1 Å². The molecule has 2 aromatic carbocycles. The summed E-state index contributed by atoms with van der Waals surface area (Å²) in [5.41, 5.74) is 0. The van der Waals surface area contributed by atoms with Crippen molar-refractivity contribution in [2.75, 3.05) is 0 Å². The minimum absolute atomic E-state index is 0. The molecule has 0 N–H and O–H groups in total. The van der Waals surface area contributed by atoms with Crippen LogP contribution in [0, 0.1) is 24.3 Å². The molecule has 0 bridgehead atoms. The molecule has 1 radical (unpaired) electrons. The maximum Gasteiger partial charge on any atom is 3.00 e. The summed E-state index contributed by atoms with van der Waals surface area (Å²) in [5, 5.41) is 0. The van der Waals surface area contributed by atoms with E-state index < -0.39 is 0 Å². The zero-order chi connectivity index (χ0) is 7.07. The first kappa shape index (κ1) is 10.2. The quantitative estimate of drug-likeness (QED) is 0.431. The first-order valence-corrected chi connectivity index (χ1v) is 2.99. The Kier molecular flexibility index (Phi) is 6.81. The maximum atomic E-state index is 2.62. The topological polar surface area (TPSA) is 0 Å². The molecule has 0 saturated carbocycles. The summed E-state index contributed by atoms with van der Waals surface area (Å²) in [6, 6.07) is 22.0. The van der Waals surface area contributed by atoms with Gasteiger partial charge in [0.1, 0.15) is 0 Å². The molecule has 0 atom stereocenters. The molecule has 0 unspecified atom stereocenters. The third-order valence-electron chi connectivity index (χ3n) is 0.907. The van der Waals surface area contributed by atoms with Crippen molar-refractivity contribution in [1.29, 1.82) is 0 Å². The molecule has 11 heavy (non-hydrogen) atoms. The van der Waals surface area contributed by atoms with Crippen LogP contribution in [0.25, 0.3) is 0 Å². The fourth-order valence-corrected chi connectivity index (χ4v) is 0.501. The molecular weight excluding hydrogens is 176 g/mol. The Hall–Kier alpha value is -0.781. The monoisotopic (exact) mass is 182 g/mol. The van der Waals surface area contributed by atoms with Gasteiger partial charge in [-0.15, -0.1) is 0 Å². The molecule has 0 saturated heterocycles. The van der Waals surface area contributed by atoms with E-state index >= 15 is 0 Å². The van der Waals surface area contributed by atoms with Crippen molar-refractivity contribution in [3.05, 3.63) is 60.7 Å². The van der Waals surface area contributed by atoms with Gasteiger partial charge in [-0.3, -0.25) is 0 Å². The van der Waals surface area contributed by atoms with Gasteiger partial charge in [-0.25, -0.2) is 12.1 Å². The van der Waals surface area contributed by atoms with Crippen LogP contribution in [0.2, 0.25) is 0 Å². The van der Waals surface area contributed by atoms with Crippen molar-refractivity contribution in [2.45, 2.75) is 0 Å². The van der Waals surface area contributed by atoms with Gasteiger partial charge in [0.25, 0.3) is 0 Å². The summed E-state index contributed by atoms with van der Waals surface area (Å²) in [4.78, 5) is 0. The van der Waals surface area contributed by atoms with E-state index in [2.05, 4.69) is 24.3 Å². The molecule has 57 valence electrons. The minimum atomic E-state index is 0. The van der Waals surface area contributed by atoms with E-state index in [1.165, 1.54) is 0 Å². The Morgan fingerprint density at radius 3 is 1.64 bits per heavy atom. The summed E-state index contributed by atoms with van der Waals surface area (Å²) in [6.45, 7) is 0. The largest absolute Gasteiger partial charge is 3.00 e. The molecule has 0 aliphatic carbocycles. The van der Waals surface area contributed by atoms with E-state index in [0.717, 1.165) is 0 Å². The Labute approximate surface area is 78.1 Å². The first-order valence-electron chi connectivity index (χ1n) is 2.99. The van der Waals surface area contributed by atoms with Crippen molar-refractivity contribution >= 4 is 0 Å². The SMILES string of the molecule is [Fe+3].[c-]1[c-][c-][cH-][c-]1.c1cc[cH-]c1. The van der Waals surface area contributed by atoms with E-state index in [1.54, 1.807) is 6.07 Å². The van der Waals surface area contributed by atoms with Crippen molar-refractivity contribution in [1.82, 2.24) is 0 Å². The molecule has 0 nitrogen and oxygen atoms in total. The average molecular weight is 182 g/mol. The third kappa shape index (κ3) is 5.65. The van der Waals surface area contributed by atoms with Gasteiger partial charge in [-0.1, -0.05) is 0 Å². The molecular formula is C10H6Fe-3. The second kappa shape index (κ2) is 7.33. The average Bonchev–Trinajstić information content (AvgIpc) is 2.67. The zero-order valence-electron chi connectivity index (χ0n) is 5.82. The van der Waals surface area contributed by atoms with Crippen LogP contribution in [-0.2, 0) is 17.1 Å². The van der Waals surface area contributed by atoms with Crippen LogP contribution in [0.1, 0.15) is 0 Å². The van der Waals surface area contributed by atoms with Crippen LogP contribution < -0.4 is 0 Å². The first-order chi connectivity index (χ1) is 5.00. The number of hydrogen-bond acceptors (Lipinski definition) is 0. The minimum Gasteiger partial charge on any atom is -0.999 e. The molecule has 0 aliphatic heterocycles. The predicted molar refractivity (Wildman–Crippen MR) is 39.4 cm³/mol. The van der Waals surface area contributed by atoms with Crippen molar-refractivity contribution in [3.63, 3.8) is 0 Å². The van der Waals surface area contributed by atoms with Gasteiger partial charge < -0.3 is 30.3 Å². The molecule has 0 aliphatic rings. The van der Waals surface area contributed by atoms with Gasteiger partial charge in [-0.2, -0.15) is 18.2 Å². The fraction of sp³-hybridized carbons (Fsp3) is 0. The second-order valence-electron chi connectivity index (χ2n) is 1.65. The Bertz CT molecular complexity index is 144. The Morgan fingerprint density at radius 2 is 1.45 bits per heavy atom. The Morgan fingerprint density at radius 1 is 0.909 bits per heavy atom. The Balaban J connectivity index is 0.000000167. The zero-order valence-corrected chi connectivity index (χ0v) is 6.92. The molecule has 0 heterocycles. The standard InChI is InChI=1S/C5H5.C5H.Fe/c2*1-2-4-5-3-1;/h1-5H;1H;/q-1;-5;+3. The fourth-order valence-electron chi connectivity index (χ4n) is 0.501. The molecule has 0 fully saturated rings. The van der Waals surface area contributed by atoms with Crippen LogP contribution >= 0.6 is 0 Å². The smallest absolute Gasteiger partial charge is 0.999 e. The van der Waals surface area contributed by atoms with Gasteiger partial charge >= 0.3 is 17.1 Å². The molecule has 0 aromatic heterocycles. The summed E-state index contributed by atoms with van der Waals surface area (Å²) in [6.07, 6.45) is 0. The van der Waals surface area contributed by atoms with Gasteiger partial charge in [-0.05, 0) is 0 Å². The molecule has 1 heteroatoms. The summed E-state index contributed by atoms with van der Waals surface area (Å²) in [7, 11) is 0. The van der Waals surface area contributed by atoms with Gasteiger partial charge in [0.2, 0.25) is 0 Å². The number of hydrogen-bond donors (Lipinski definition) is 0. The summed E-state index contributed by atoms with van der Waals surface area (Å²) in [5.74, 6) is 0. The second-order valence-corrected chi connectivity index (χ2v) is 1.65. The van der Waals surface area contributed by atoms with E-state index in [1.807, 2.05) is 30.3 Å². The van der Waals surface area contributed by atoms with Crippen LogP contribution in [0.4, 0.5) is 0 Å². The molecule has 2 aromatic rings. The molecule has 0 amide bonds. The molecule has 0 spiro atoms. The van der Waals surface area contributed by atoms with Crippen molar-refractivity contribution < 1.29 is 17.1 Å². The predicted octanol–water partition coefficient (Wildman–Crippen LogP) is 2.01. The van der Waals surface area contributed by atoms with E-state index in [9.17, 15) is 0 Å². The summed E-state index contributed by atoms with van der Waals surface area (Å²) >= 11 is 0. The molecule has 2 rings (SSSR count). The van der Waals surface area contributed by atoms with E-state index in [0.29, 0.717) is 0 Å². The van der Waals surface area contributed by atoms with Crippen LogP contribution in [0.3, 0.4) is 0 Å². The van der Waals surface area contributed by atoms with Crippen LogP contribution in [-0.4, -0.2) is 0 Å². The van der Waals surface area contributed by atoms with Crippen LogP contribution in [0.15, 0.2) is 36.4 Å².